The molecule has 0 saturated heterocycles. The van der Waals surface area contributed by atoms with Crippen molar-refractivity contribution in [2.45, 2.75) is 57.8 Å². The third-order valence-electron chi connectivity index (χ3n) is 11.5. The zero-order chi connectivity index (χ0) is 38.8. The monoisotopic (exact) mass is 922 g/mol. The Morgan fingerprint density at radius 1 is 0.544 bits per heavy atom. The van der Waals surface area contributed by atoms with Gasteiger partial charge in [0.15, 0.2) is 0 Å². The molecule has 3 heterocycles. The Morgan fingerprint density at radius 3 is 1.86 bits per heavy atom. The van der Waals surface area contributed by atoms with Gasteiger partial charge in [-0.2, -0.15) is 49.1 Å². The van der Waals surface area contributed by atoms with Crippen molar-refractivity contribution in [1.29, 1.82) is 0 Å². The van der Waals surface area contributed by atoms with Gasteiger partial charge in [-0.25, -0.2) is 4.98 Å². The largest absolute Gasteiger partial charge is 0.504 e. The molecule has 288 valence electrons. The maximum absolute atomic E-state index is 4.99. The molecule has 0 aliphatic carbocycles. The van der Waals surface area contributed by atoms with Crippen LogP contribution in [0.2, 0.25) is 0 Å². The van der Waals surface area contributed by atoms with E-state index in [0.29, 0.717) is 0 Å². The van der Waals surface area contributed by atoms with Gasteiger partial charge in [-0.15, -0.1) is 22.2 Å². The number of rotatable bonds is 6. The number of aromatic nitrogens is 2. The minimum absolute atomic E-state index is 0. The molecule has 4 nitrogen and oxygen atoms in total. The Labute approximate surface area is 352 Å². The van der Waals surface area contributed by atoms with Crippen LogP contribution in [0.4, 0.5) is 17.1 Å². The molecular weight excluding hydrogens is 876 g/mol. The third kappa shape index (κ3) is 6.49. The van der Waals surface area contributed by atoms with E-state index in [1.807, 2.05) is 6.20 Å². The number of benzene rings is 6. The van der Waals surface area contributed by atoms with Crippen molar-refractivity contribution in [2.24, 2.45) is 0 Å². The number of anilines is 3. The average molecular weight is 923 g/mol. The van der Waals surface area contributed by atoms with E-state index >= 15 is 0 Å². The van der Waals surface area contributed by atoms with E-state index in [4.69, 9.17) is 4.98 Å². The number of hydrogen-bond donors (Lipinski definition) is 0. The molecule has 1 aliphatic rings. The van der Waals surface area contributed by atoms with E-state index in [9.17, 15) is 0 Å². The van der Waals surface area contributed by atoms with Crippen molar-refractivity contribution < 1.29 is 21.1 Å². The smallest absolute Gasteiger partial charge is 0.135 e. The molecule has 0 bridgehead atoms. The van der Waals surface area contributed by atoms with Crippen molar-refractivity contribution in [3.05, 3.63) is 204 Å². The zero-order valence-electron chi connectivity index (χ0n) is 33.6. The maximum Gasteiger partial charge on any atom is 0.135 e. The van der Waals surface area contributed by atoms with Crippen molar-refractivity contribution in [3.63, 3.8) is 0 Å². The number of para-hydroxylation sites is 1. The molecule has 0 amide bonds. The molecule has 2 aromatic heterocycles. The molecule has 5 heteroatoms. The van der Waals surface area contributed by atoms with Crippen LogP contribution in [0.1, 0.15) is 74.9 Å². The van der Waals surface area contributed by atoms with E-state index in [1.54, 1.807) is 0 Å². The molecule has 0 radical (unpaired) electrons. The van der Waals surface area contributed by atoms with Gasteiger partial charge in [0.2, 0.25) is 0 Å². The van der Waals surface area contributed by atoms with Crippen LogP contribution in [0, 0.1) is 18.8 Å². The fourth-order valence-electron chi connectivity index (χ4n) is 8.45. The summed E-state index contributed by atoms with van der Waals surface area (Å²) >= 11 is 0. The van der Waals surface area contributed by atoms with E-state index in [1.165, 1.54) is 22.2 Å². The second-order valence-corrected chi connectivity index (χ2v) is 17.1. The molecule has 0 N–H and O–H groups in total. The van der Waals surface area contributed by atoms with E-state index in [-0.39, 0.29) is 31.9 Å². The number of pyridine rings is 1. The summed E-state index contributed by atoms with van der Waals surface area (Å²) in [6.07, 6.45) is 1.94. The maximum atomic E-state index is 4.99. The molecule has 1 aliphatic heterocycles. The Hall–Kier alpha value is -5.44. The van der Waals surface area contributed by atoms with Gasteiger partial charge in [0, 0.05) is 49.6 Å². The molecule has 0 atom stereocenters. The van der Waals surface area contributed by atoms with Gasteiger partial charge >= 0.3 is 0 Å². The van der Waals surface area contributed by atoms with Crippen molar-refractivity contribution in [1.82, 2.24) is 9.55 Å². The molecule has 6 aromatic carbocycles. The van der Waals surface area contributed by atoms with Crippen LogP contribution < -0.4 is 9.80 Å². The van der Waals surface area contributed by atoms with Gasteiger partial charge in [0.1, 0.15) is 5.82 Å². The molecular formula is C52H47N4Pt-3. The van der Waals surface area contributed by atoms with Gasteiger partial charge in [-0.05, 0) is 75.8 Å². The van der Waals surface area contributed by atoms with Gasteiger partial charge in [-0.1, -0.05) is 132 Å². The summed E-state index contributed by atoms with van der Waals surface area (Å²) < 4.78 is 2.29. The number of hydrogen-bond acceptors (Lipinski definition) is 3. The quantitative estimate of drug-likeness (QED) is 0.123. The first kappa shape index (κ1) is 38.4. The number of fused-ring (bicyclic) bond motifs is 4. The third-order valence-corrected chi connectivity index (χ3v) is 11.5. The Balaban J connectivity index is 0.00000455. The number of nitrogens with zero attached hydrogens (tertiary/aromatic N) is 4. The first-order valence-corrected chi connectivity index (χ1v) is 19.5. The summed E-state index contributed by atoms with van der Waals surface area (Å²) in [7, 11) is 2.12. The molecule has 8 aromatic rings. The van der Waals surface area contributed by atoms with Crippen LogP contribution in [-0.4, -0.2) is 16.6 Å². The Kier molecular flexibility index (Phi) is 9.77. The molecule has 9 rings (SSSR count). The van der Waals surface area contributed by atoms with Crippen LogP contribution in [0.5, 0.6) is 0 Å². The second-order valence-electron chi connectivity index (χ2n) is 17.1. The van der Waals surface area contributed by atoms with Gasteiger partial charge < -0.3 is 14.4 Å². The van der Waals surface area contributed by atoms with E-state index in [2.05, 4.69) is 227 Å². The summed E-state index contributed by atoms with van der Waals surface area (Å²) in [5, 5.41) is 2.31. The summed E-state index contributed by atoms with van der Waals surface area (Å²) in [6, 6.07) is 60.8. The first-order valence-electron chi connectivity index (χ1n) is 19.5. The SMILES string of the molecule is CN1[CH-]N(c2[c-]c(C(c3[c-]c4c(cc3)c3ccccc3n4-c3cc(C(C)(C)C)ccn3)(c3ccccc3)c3ccccc3)ccc2)c2cc(C(C)(C)C)ccc21.[Pt]. The summed E-state index contributed by atoms with van der Waals surface area (Å²) in [5.41, 5.74) is 11.5. The van der Waals surface area contributed by atoms with Crippen molar-refractivity contribution in [2.75, 3.05) is 16.8 Å². The first-order chi connectivity index (χ1) is 26.9. The molecule has 0 unspecified atom stereocenters. The van der Waals surface area contributed by atoms with Crippen LogP contribution in [-0.2, 0) is 37.3 Å². The molecule has 0 fully saturated rings. The molecule has 0 spiro atoms. The second kappa shape index (κ2) is 14.5. The van der Waals surface area contributed by atoms with Crippen molar-refractivity contribution in [3.8, 4) is 5.82 Å². The average Bonchev–Trinajstić information content (AvgIpc) is 3.72. The summed E-state index contributed by atoms with van der Waals surface area (Å²) in [4.78, 5) is 9.47. The van der Waals surface area contributed by atoms with Crippen LogP contribution in [0.3, 0.4) is 0 Å². The van der Waals surface area contributed by atoms with Crippen LogP contribution in [0.15, 0.2) is 152 Å². The Morgan fingerprint density at radius 2 is 1.18 bits per heavy atom. The topological polar surface area (TPSA) is 24.3 Å². The molecule has 57 heavy (non-hydrogen) atoms. The Bertz CT molecular complexity index is 2680. The summed E-state index contributed by atoms with van der Waals surface area (Å²) in [6.45, 7) is 15.7. The van der Waals surface area contributed by atoms with Gasteiger partial charge in [0.05, 0.1) is 0 Å². The normalized spacial score (nSPS) is 13.2. The van der Waals surface area contributed by atoms with Gasteiger partial charge in [0.25, 0.3) is 0 Å². The standard InChI is InChI=1S/C52H47N4.Pt/c1-50(2,3)38-26-28-46-48(32-38)55(35-54(46)7)42-22-16-21-40(31-42)52(36-17-10-8-11-18-36,37-19-12-9-13-20-37)41-25-27-44-43-23-14-15-24-45(43)56(47(44)33-41)49-34-39(29-30-53-49)51(4,5)6;/h8-30,32,34-35H,1-7H3;/q-3;. The fourth-order valence-corrected chi connectivity index (χ4v) is 8.45. The van der Waals surface area contributed by atoms with Gasteiger partial charge in [-0.3, -0.25) is 0 Å². The van der Waals surface area contributed by atoms with Crippen LogP contribution in [0.25, 0.3) is 27.6 Å². The minimum Gasteiger partial charge on any atom is -0.504 e. The molecule has 0 saturated carbocycles. The zero-order valence-corrected chi connectivity index (χ0v) is 35.9. The van der Waals surface area contributed by atoms with Crippen molar-refractivity contribution >= 4 is 38.9 Å². The van der Waals surface area contributed by atoms with E-state index < -0.39 is 5.41 Å². The predicted octanol–water partition coefficient (Wildman–Crippen LogP) is 12.5. The minimum atomic E-state index is -0.767. The van der Waals surface area contributed by atoms with Crippen LogP contribution >= 0.6 is 0 Å². The fraction of sp³-hybridized carbons (Fsp3) is 0.192. The summed E-state index contributed by atoms with van der Waals surface area (Å²) in [5.74, 6) is 0.887. The van der Waals surface area contributed by atoms with E-state index in [0.717, 1.165) is 55.9 Å². The predicted molar refractivity (Wildman–Crippen MR) is 233 cm³/mol.